The standard InChI is InChI=1S/C29H48F2O2S.2H2O/c1-2-3-4-5-6-19-7-9-20(10-8-19)17-32-24-15-13-22-23-14-16-25(33-18-21-11-12-21)27(31)29(23)34-28(22)26(24)30;;/h19-29H,2-18H2,1H3;2*1H2. The molecule has 4 saturated carbocycles. The summed E-state index contributed by atoms with van der Waals surface area (Å²) in [5.41, 5.74) is 0. The molecule has 1 saturated heterocycles. The predicted molar refractivity (Wildman–Crippen MR) is 144 cm³/mol. The van der Waals surface area contributed by atoms with Gasteiger partial charge in [-0.25, -0.2) is 8.78 Å². The molecule has 36 heavy (non-hydrogen) atoms. The van der Waals surface area contributed by atoms with Crippen LogP contribution in [0.2, 0.25) is 0 Å². The Kier molecular flexibility index (Phi) is 12.3. The van der Waals surface area contributed by atoms with Gasteiger partial charge in [0.15, 0.2) is 0 Å². The van der Waals surface area contributed by atoms with Crippen LogP contribution in [0.15, 0.2) is 0 Å². The predicted octanol–water partition coefficient (Wildman–Crippen LogP) is 6.27. The summed E-state index contributed by atoms with van der Waals surface area (Å²) in [6.45, 7) is 3.73. The van der Waals surface area contributed by atoms with Crippen molar-refractivity contribution in [1.29, 1.82) is 0 Å². The van der Waals surface area contributed by atoms with Gasteiger partial charge in [0, 0.05) is 23.7 Å². The average molecular weight is 535 g/mol. The number of unbranched alkanes of at least 4 members (excludes halogenated alkanes) is 3. The fourth-order valence-electron chi connectivity index (χ4n) is 7.41. The van der Waals surface area contributed by atoms with Crippen LogP contribution in [0.4, 0.5) is 8.78 Å². The SMILES string of the molecule is CCCCCCC1CCC(COC2CCC3C4CCC(OCC5CC5)C(F)C4SC3C2F)CC1.O.O. The number of hydrogen-bond donors (Lipinski definition) is 0. The zero-order valence-corrected chi connectivity index (χ0v) is 23.2. The molecule has 4 N–H and O–H groups in total. The summed E-state index contributed by atoms with van der Waals surface area (Å²) < 4.78 is 43.3. The normalized spacial score (nSPS) is 42.1. The van der Waals surface area contributed by atoms with E-state index in [1.807, 2.05) is 0 Å². The summed E-state index contributed by atoms with van der Waals surface area (Å²) in [4.78, 5) is 0. The molecule has 7 heteroatoms. The number of halogens is 2. The van der Waals surface area contributed by atoms with Crippen LogP contribution in [-0.4, -0.2) is 59.2 Å². The lowest BCUT2D eigenvalue weighted by atomic mass is 9.71. The Morgan fingerprint density at radius 2 is 1.08 bits per heavy atom. The summed E-state index contributed by atoms with van der Waals surface area (Å²) in [6.07, 6.45) is 15.7. The number of thioether (sulfide) groups is 1. The highest BCUT2D eigenvalue weighted by Gasteiger charge is 2.56. The first-order valence-electron chi connectivity index (χ1n) is 14.8. The molecule has 5 aliphatic rings. The molecule has 5 rings (SSSR count). The van der Waals surface area contributed by atoms with Crippen molar-refractivity contribution in [3.63, 3.8) is 0 Å². The molecule has 0 radical (unpaired) electrons. The molecule has 1 aliphatic heterocycles. The van der Waals surface area contributed by atoms with E-state index < -0.39 is 12.3 Å². The second kappa shape index (κ2) is 14.4. The highest BCUT2D eigenvalue weighted by Crippen LogP contribution is 2.56. The van der Waals surface area contributed by atoms with E-state index in [-0.39, 0.29) is 33.7 Å². The lowest BCUT2D eigenvalue weighted by Crippen LogP contribution is -2.45. The van der Waals surface area contributed by atoms with Crippen LogP contribution < -0.4 is 0 Å². The third-order valence-electron chi connectivity index (χ3n) is 9.84. The van der Waals surface area contributed by atoms with Gasteiger partial charge >= 0.3 is 0 Å². The molecule has 1 heterocycles. The van der Waals surface area contributed by atoms with Crippen molar-refractivity contribution in [2.75, 3.05) is 13.2 Å². The van der Waals surface area contributed by atoms with Crippen LogP contribution in [0, 0.1) is 29.6 Å². The van der Waals surface area contributed by atoms with Gasteiger partial charge in [0.05, 0.1) is 12.2 Å². The topological polar surface area (TPSA) is 81.5 Å². The van der Waals surface area contributed by atoms with Gasteiger partial charge in [-0.1, -0.05) is 51.9 Å². The van der Waals surface area contributed by atoms with Crippen molar-refractivity contribution in [2.45, 2.75) is 138 Å². The van der Waals surface area contributed by atoms with Crippen molar-refractivity contribution in [3.8, 4) is 0 Å². The Morgan fingerprint density at radius 1 is 0.611 bits per heavy atom. The highest BCUT2D eigenvalue weighted by atomic mass is 32.2. The van der Waals surface area contributed by atoms with Crippen molar-refractivity contribution < 1.29 is 29.2 Å². The largest absolute Gasteiger partial charge is 0.412 e. The smallest absolute Gasteiger partial charge is 0.138 e. The molecule has 212 valence electrons. The van der Waals surface area contributed by atoms with Gasteiger partial charge in [0.25, 0.3) is 0 Å². The Hall–Kier alpha value is 0.0500. The number of hydrogen-bond acceptors (Lipinski definition) is 3. The zero-order valence-electron chi connectivity index (χ0n) is 22.4. The Balaban J connectivity index is 0.00000180. The second-order valence-corrected chi connectivity index (χ2v) is 13.7. The number of ether oxygens (including phenoxy) is 2. The molecule has 0 aromatic carbocycles. The van der Waals surface area contributed by atoms with Gasteiger partial charge in [0.2, 0.25) is 0 Å². The minimum Gasteiger partial charge on any atom is -0.412 e. The monoisotopic (exact) mass is 534 g/mol. The molecule has 0 aromatic rings. The molecular weight excluding hydrogens is 482 g/mol. The van der Waals surface area contributed by atoms with Crippen molar-refractivity contribution in [3.05, 3.63) is 0 Å². The van der Waals surface area contributed by atoms with Gasteiger partial charge in [-0.15, -0.1) is 11.8 Å². The number of rotatable bonds is 11. The van der Waals surface area contributed by atoms with Crippen molar-refractivity contribution >= 4 is 11.8 Å². The maximum Gasteiger partial charge on any atom is 0.138 e. The van der Waals surface area contributed by atoms with Gasteiger partial charge in [0.1, 0.15) is 12.3 Å². The van der Waals surface area contributed by atoms with E-state index in [1.165, 1.54) is 70.6 Å². The molecule has 5 fully saturated rings. The minimum absolute atomic E-state index is 0. The molecule has 4 aliphatic carbocycles. The minimum atomic E-state index is -0.942. The quantitative estimate of drug-likeness (QED) is 0.293. The lowest BCUT2D eigenvalue weighted by molar-refractivity contribution is -0.0646. The fourth-order valence-corrected chi connectivity index (χ4v) is 9.50. The van der Waals surface area contributed by atoms with E-state index >= 15 is 8.78 Å². The molecule has 0 bridgehead atoms. The second-order valence-electron chi connectivity index (χ2n) is 12.4. The van der Waals surface area contributed by atoms with Crippen molar-refractivity contribution in [1.82, 2.24) is 0 Å². The summed E-state index contributed by atoms with van der Waals surface area (Å²) in [5, 5.41) is -0.148. The molecule has 0 aromatic heterocycles. The summed E-state index contributed by atoms with van der Waals surface area (Å²) in [7, 11) is 0. The highest BCUT2D eigenvalue weighted by molar-refractivity contribution is 8.00. The molecular formula is C29H52F2O4S. The Bertz CT molecular complexity index is 630. The first-order chi connectivity index (χ1) is 16.6. The average Bonchev–Trinajstić information content (AvgIpc) is 3.60. The van der Waals surface area contributed by atoms with Crippen LogP contribution in [-0.2, 0) is 9.47 Å². The summed E-state index contributed by atoms with van der Waals surface area (Å²) >= 11 is 1.61. The van der Waals surface area contributed by atoms with Crippen LogP contribution in [0.3, 0.4) is 0 Å². The number of fused-ring (bicyclic) bond motifs is 3. The van der Waals surface area contributed by atoms with E-state index in [1.54, 1.807) is 11.8 Å². The first kappa shape index (κ1) is 30.6. The molecule has 8 unspecified atom stereocenters. The summed E-state index contributed by atoms with van der Waals surface area (Å²) in [5.74, 6) is 2.84. The van der Waals surface area contributed by atoms with Gasteiger partial charge < -0.3 is 20.4 Å². The maximum atomic E-state index is 15.6. The third kappa shape index (κ3) is 7.37. The molecule has 8 atom stereocenters. The first-order valence-corrected chi connectivity index (χ1v) is 15.7. The Morgan fingerprint density at radius 3 is 1.56 bits per heavy atom. The third-order valence-corrected chi connectivity index (χ3v) is 11.7. The van der Waals surface area contributed by atoms with E-state index in [0.29, 0.717) is 23.7 Å². The van der Waals surface area contributed by atoms with Crippen LogP contribution in [0.5, 0.6) is 0 Å². The van der Waals surface area contributed by atoms with E-state index in [9.17, 15) is 0 Å². The molecule has 4 nitrogen and oxygen atoms in total. The van der Waals surface area contributed by atoms with E-state index in [4.69, 9.17) is 9.47 Å². The van der Waals surface area contributed by atoms with E-state index in [0.717, 1.165) is 44.8 Å². The van der Waals surface area contributed by atoms with Gasteiger partial charge in [-0.3, -0.25) is 0 Å². The van der Waals surface area contributed by atoms with Gasteiger partial charge in [-0.05, 0) is 81.0 Å². The lowest BCUT2D eigenvalue weighted by Gasteiger charge is -2.39. The Labute approximate surface area is 222 Å². The van der Waals surface area contributed by atoms with Crippen LogP contribution in [0.25, 0.3) is 0 Å². The molecule has 0 amide bonds. The van der Waals surface area contributed by atoms with Crippen molar-refractivity contribution in [2.24, 2.45) is 29.6 Å². The van der Waals surface area contributed by atoms with E-state index in [2.05, 4.69) is 6.92 Å². The molecule has 0 spiro atoms. The maximum absolute atomic E-state index is 15.6. The fraction of sp³-hybridized carbons (Fsp3) is 1.00. The zero-order chi connectivity index (χ0) is 23.5. The van der Waals surface area contributed by atoms with Crippen LogP contribution >= 0.6 is 11.8 Å². The van der Waals surface area contributed by atoms with Gasteiger partial charge in [-0.2, -0.15) is 0 Å². The number of alkyl halides is 2. The summed E-state index contributed by atoms with van der Waals surface area (Å²) in [6, 6.07) is 0. The van der Waals surface area contributed by atoms with Crippen LogP contribution in [0.1, 0.15) is 103 Å².